The van der Waals surface area contributed by atoms with Crippen molar-refractivity contribution in [3.63, 3.8) is 0 Å². The lowest BCUT2D eigenvalue weighted by molar-refractivity contribution is 0.0702. The smallest absolute Gasteiger partial charge is 0.345 e. The van der Waals surface area contributed by atoms with Crippen LogP contribution in [-0.4, -0.2) is 20.9 Å². The average Bonchev–Trinajstić information content (AvgIpc) is 2.98. The number of hydrogen-bond donors (Lipinski definition) is 1. The number of fused-ring (bicyclic) bond motifs is 1. The summed E-state index contributed by atoms with van der Waals surface area (Å²) in [6.07, 6.45) is -2.83. The summed E-state index contributed by atoms with van der Waals surface area (Å²) in [5.74, 6) is -1.66. The zero-order valence-corrected chi connectivity index (χ0v) is 11.1. The molecule has 0 radical (unpaired) electrons. The predicted octanol–water partition coefficient (Wildman–Crippen LogP) is 3.86. The summed E-state index contributed by atoms with van der Waals surface area (Å²) < 4.78 is 40.2. The maximum Gasteiger partial charge on any atom is 0.345 e. The van der Waals surface area contributed by atoms with Crippen molar-refractivity contribution in [2.24, 2.45) is 0 Å². The summed E-state index contributed by atoms with van der Waals surface area (Å²) in [6, 6.07) is 6.30. The molecule has 0 bridgehead atoms. The summed E-state index contributed by atoms with van der Waals surface area (Å²) in [5.41, 5.74) is -0.106. The van der Waals surface area contributed by atoms with Gasteiger partial charge >= 0.3 is 5.97 Å². The van der Waals surface area contributed by atoms with Gasteiger partial charge in [0.25, 0.3) is 6.43 Å². The van der Waals surface area contributed by atoms with Gasteiger partial charge < -0.3 is 5.11 Å². The molecule has 2 aromatic heterocycles. The first-order valence-corrected chi connectivity index (χ1v) is 6.59. The van der Waals surface area contributed by atoms with Crippen molar-refractivity contribution in [3.8, 4) is 5.69 Å². The Hall–Kier alpha value is -2.35. The van der Waals surface area contributed by atoms with Gasteiger partial charge in [-0.05, 0) is 30.3 Å². The molecule has 0 saturated carbocycles. The lowest BCUT2D eigenvalue weighted by atomic mass is 10.3. The third-order valence-electron chi connectivity index (χ3n) is 2.88. The summed E-state index contributed by atoms with van der Waals surface area (Å²) in [7, 11) is 0. The molecule has 0 saturated heterocycles. The van der Waals surface area contributed by atoms with Crippen molar-refractivity contribution in [2.75, 3.05) is 0 Å². The van der Waals surface area contributed by atoms with E-state index in [1.807, 2.05) is 0 Å². The highest BCUT2D eigenvalue weighted by molar-refractivity contribution is 7.20. The highest BCUT2D eigenvalue weighted by Crippen LogP contribution is 2.34. The number of carbonyl (C=O) groups is 1. The van der Waals surface area contributed by atoms with E-state index >= 15 is 0 Å². The molecule has 0 aliphatic heterocycles. The van der Waals surface area contributed by atoms with Crippen LogP contribution in [0.2, 0.25) is 0 Å². The number of thiophene rings is 1. The van der Waals surface area contributed by atoms with Gasteiger partial charge in [-0.1, -0.05) is 0 Å². The molecule has 108 valence electrons. The van der Waals surface area contributed by atoms with Gasteiger partial charge in [0.2, 0.25) is 0 Å². The van der Waals surface area contributed by atoms with E-state index in [9.17, 15) is 18.0 Å². The third kappa shape index (κ3) is 2.27. The molecule has 0 unspecified atom stereocenters. The third-order valence-corrected chi connectivity index (χ3v) is 3.98. The van der Waals surface area contributed by atoms with E-state index in [0.29, 0.717) is 5.69 Å². The largest absolute Gasteiger partial charge is 0.477 e. The molecule has 2 heterocycles. The summed E-state index contributed by atoms with van der Waals surface area (Å²) in [6.45, 7) is 0. The van der Waals surface area contributed by atoms with E-state index in [4.69, 9.17) is 5.11 Å². The van der Waals surface area contributed by atoms with Crippen molar-refractivity contribution in [2.45, 2.75) is 6.43 Å². The van der Waals surface area contributed by atoms with Gasteiger partial charge in [0.1, 0.15) is 21.2 Å². The minimum absolute atomic E-state index is 0.0554. The monoisotopic (exact) mass is 312 g/mol. The minimum Gasteiger partial charge on any atom is -0.477 e. The Morgan fingerprint density at radius 3 is 2.52 bits per heavy atom. The average molecular weight is 312 g/mol. The fourth-order valence-electron chi connectivity index (χ4n) is 1.95. The van der Waals surface area contributed by atoms with E-state index < -0.39 is 23.9 Å². The summed E-state index contributed by atoms with van der Waals surface area (Å²) in [5, 5.41) is 12.9. The first-order valence-electron chi connectivity index (χ1n) is 5.77. The van der Waals surface area contributed by atoms with Crippen LogP contribution >= 0.6 is 11.3 Å². The minimum atomic E-state index is -2.83. The summed E-state index contributed by atoms with van der Waals surface area (Å²) >= 11 is 0.843. The second kappa shape index (κ2) is 4.88. The highest BCUT2D eigenvalue weighted by Gasteiger charge is 2.23. The molecule has 0 fully saturated rings. The van der Waals surface area contributed by atoms with Crippen molar-refractivity contribution in [1.29, 1.82) is 0 Å². The van der Waals surface area contributed by atoms with Crippen LogP contribution in [0.1, 0.15) is 21.8 Å². The number of nitrogens with zero attached hydrogens (tertiary/aromatic N) is 2. The van der Waals surface area contributed by atoms with Crippen LogP contribution in [0.4, 0.5) is 13.2 Å². The fourth-order valence-corrected chi connectivity index (χ4v) is 2.93. The Morgan fingerprint density at radius 2 is 1.95 bits per heavy atom. The van der Waals surface area contributed by atoms with E-state index in [-0.39, 0.29) is 15.1 Å². The molecule has 0 spiro atoms. The zero-order valence-electron chi connectivity index (χ0n) is 10.3. The lowest BCUT2D eigenvalue weighted by Gasteiger charge is -2.01. The molecule has 1 aromatic carbocycles. The molecular formula is C13H7F3N2O2S. The zero-order chi connectivity index (χ0) is 15.1. The van der Waals surface area contributed by atoms with E-state index in [1.54, 1.807) is 0 Å². The Labute approximate surface area is 120 Å². The van der Waals surface area contributed by atoms with Crippen LogP contribution in [-0.2, 0) is 0 Å². The predicted molar refractivity (Wildman–Crippen MR) is 70.8 cm³/mol. The number of rotatable bonds is 3. The second-order valence-corrected chi connectivity index (χ2v) is 5.24. The molecule has 3 rings (SSSR count). The van der Waals surface area contributed by atoms with Gasteiger partial charge in [0.05, 0.1) is 5.69 Å². The molecule has 4 nitrogen and oxygen atoms in total. The Kier molecular flexibility index (Phi) is 3.17. The van der Waals surface area contributed by atoms with E-state index in [0.717, 1.165) is 11.3 Å². The Bertz CT molecular complexity index is 824. The van der Waals surface area contributed by atoms with Crippen molar-refractivity contribution < 1.29 is 23.1 Å². The topological polar surface area (TPSA) is 55.1 Å². The van der Waals surface area contributed by atoms with Crippen LogP contribution in [0.3, 0.4) is 0 Å². The van der Waals surface area contributed by atoms with Gasteiger partial charge in [-0.15, -0.1) is 11.3 Å². The molecular weight excluding hydrogens is 305 g/mol. The molecule has 0 amide bonds. The van der Waals surface area contributed by atoms with Gasteiger partial charge in [-0.3, -0.25) is 0 Å². The maximum absolute atomic E-state index is 13.0. The first kappa shape index (κ1) is 13.6. The van der Waals surface area contributed by atoms with Crippen LogP contribution in [0.25, 0.3) is 15.9 Å². The SMILES string of the molecule is O=C(O)c1cc2c(C(F)F)nn(-c3ccc(F)cc3)c2s1. The van der Waals surface area contributed by atoms with E-state index in [2.05, 4.69) is 5.10 Å². The number of hydrogen-bond acceptors (Lipinski definition) is 3. The maximum atomic E-state index is 13.0. The van der Waals surface area contributed by atoms with Crippen LogP contribution in [0.5, 0.6) is 0 Å². The van der Waals surface area contributed by atoms with Crippen LogP contribution in [0.15, 0.2) is 30.3 Å². The Balaban J connectivity index is 2.26. The number of benzene rings is 1. The van der Waals surface area contributed by atoms with Crippen LogP contribution in [0, 0.1) is 5.82 Å². The quantitative estimate of drug-likeness (QED) is 0.799. The van der Waals surface area contributed by atoms with Gasteiger partial charge in [0, 0.05) is 5.39 Å². The summed E-state index contributed by atoms with van der Waals surface area (Å²) in [4.78, 5) is 11.2. The molecule has 0 aliphatic carbocycles. The number of carboxylic acid groups (broad SMARTS) is 1. The number of halogens is 3. The van der Waals surface area contributed by atoms with E-state index in [1.165, 1.54) is 35.0 Å². The number of carboxylic acids is 1. The molecule has 0 aliphatic rings. The molecule has 21 heavy (non-hydrogen) atoms. The Morgan fingerprint density at radius 1 is 1.29 bits per heavy atom. The normalized spacial score (nSPS) is 11.4. The van der Waals surface area contributed by atoms with Crippen molar-refractivity contribution >= 4 is 27.5 Å². The first-order chi connectivity index (χ1) is 9.97. The lowest BCUT2D eigenvalue weighted by Crippen LogP contribution is -1.98. The highest BCUT2D eigenvalue weighted by atomic mass is 32.1. The van der Waals surface area contributed by atoms with Crippen LogP contribution < -0.4 is 0 Å². The molecule has 0 atom stereocenters. The number of aromatic nitrogens is 2. The van der Waals surface area contributed by atoms with Crippen molar-refractivity contribution in [3.05, 3.63) is 46.7 Å². The van der Waals surface area contributed by atoms with Gasteiger partial charge in [0.15, 0.2) is 0 Å². The van der Waals surface area contributed by atoms with Crippen molar-refractivity contribution in [1.82, 2.24) is 9.78 Å². The standard InChI is InChI=1S/C13H7F3N2O2S/c14-6-1-3-7(4-2-6)18-12-8(10(17-18)11(15)16)5-9(21-12)13(19)20/h1-5,11H,(H,19,20). The van der Waals surface area contributed by atoms with Gasteiger partial charge in [-0.2, -0.15) is 5.10 Å². The molecule has 1 N–H and O–H groups in total. The second-order valence-electron chi connectivity index (χ2n) is 4.21. The fraction of sp³-hybridized carbons (Fsp3) is 0.0769. The molecule has 3 aromatic rings. The molecule has 8 heteroatoms. The number of alkyl halides is 2. The van der Waals surface area contributed by atoms with Gasteiger partial charge in [-0.25, -0.2) is 22.6 Å². The number of aromatic carboxylic acids is 1.